The second-order valence-corrected chi connectivity index (χ2v) is 13.6. The molecular formula is C15H27BrO3Si. The van der Waals surface area contributed by atoms with Crippen molar-refractivity contribution in [1.82, 2.24) is 0 Å². The van der Waals surface area contributed by atoms with E-state index in [0.717, 1.165) is 25.7 Å². The molecule has 0 aromatic carbocycles. The van der Waals surface area contributed by atoms with Gasteiger partial charge < -0.3 is 9.16 Å². The summed E-state index contributed by atoms with van der Waals surface area (Å²) in [7, 11) is -1.85. The van der Waals surface area contributed by atoms with Gasteiger partial charge in [0.15, 0.2) is 8.32 Å². The summed E-state index contributed by atoms with van der Waals surface area (Å²) in [6.07, 6.45) is 4.56. The first-order chi connectivity index (χ1) is 9.08. The number of carbonyl (C=O) groups excluding carboxylic acids is 1. The molecule has 1 spiro atoms. The Morgan fingerprint density at radius 2 is 2.00 bits per heavy atom. The zero-order chi connectivity index (χ0) is 15.2. The van der Waals surface area contributed by atoms with Crippen LogP contribution in [0.5, 0.6) is 0 Å². The SMILES string of the molecule is CC(C)(C)[Si](C)(C)O[C@@H]1CCC[C@@H](Br)[C@@]12CCC(=O)O2. The van der Waals surface area contributed by atoms with Gasteiger partial charge in [-0.15, -0.1) is 0 Å². The summed E-state index contributed by atoms with van der Waals surface area (Å²) in [6, 6.07) is 0. The van der Waals surface area contributed by atoms with Gasteiger partial charge in [0, 0.05) is 12.8 Å². The molecule has 1 saturated carbocycles. The number of rotatable bonds is 2. The quantitative estimate of drug-likeness (QED) is 0.414. The molecule has 0 bridgehead atoms. The van der Waals surface area contributed by atoms with Crippen molar-refractivity contribution >= 4 is 30.2 Å². The van der Waals surface area contributed by atoms with Crippen molar-refractivity contribution in [2.75, 3.05) is 0 Å². The summed E-state index contributed by atoms with van der Waals surface area (Å²) in [5.41, 5.74) is -0.426. The average Bonchev–Trinajstić information content (AvgIpc) is 2.67. The van der Waals surface area contributed by atoms with Gasteiger partial charge in [-0.1, -0.05) is 36.7 Å². The van der Waals surface area contributed by atoms with Gasteiger partial charge in [-0.25, -0.2) is 0 Å². The maximum atomic E-state index is 11.7. The molecule has 0 radical (unpaired) electrons. The van der Waals surface area contributed by atoms with E-state index in [-0.39, 0.29) is 21.9 Å². The number of hydrogen-bond donors (Lipinski definition) is 0. The van der Waals surface area contributed by atoms with Crippen LogP contribution in [-0.4, -0.2) is 30.8 Å². The molecule has 0 aromatic heterocycles. The molecule has 1 aliphatic heterocycles. The lowest BCUT2D eigenvalue weighted by Crippen LogP contribution is -2.58. The van der Waals surface area contributed by atoms with E-state index in [1.54, 1.807) is 0 Å². The van der Waals surface area contributed by atoms with Gasteiger partial charge in [-0.05, 0) is 37.4 Å². The third-order valence-electron chi connectivity index (χ3n) is 5.27. The van der Waals surface area contributed by atoms with Gasteiger partial charge in [-0.3, -0.25) is 4.79 Å². The molecule has 0 unspecified atom stereocenters. The molecule has 0 aromatic rings. The molecule has 1 heterocycles. The standard InChI is InChI=1S/C15H27BrO3Si/c1-14(2,3)20(4,5)19-12-8-6-7-11(16)15(12)10-9-13(17)18-15/h11-12H,6-10H2,1-5H3/t11-,12-,15+/m1/s1. The molecule has 1 saturated heterocycles. The first kappa shape index (κ1) is 16.5. The number of ether oxygens (including phenoxy) is 1. The Hall–Kier alpha value is 0.127. The maximum absolute atomic E-state index is 11.7. The average molecular weight is 363 g/mol. The van der Waals surface area contributed by atoms with Crippen LogP contribution in [0.4, 0.5) is 0 Å². The smallest absolute Gasteiger partial charge is 0.306 e. The van der Waals surface area contributed by atoms with Gasteiger partial charge in [-0.2, -0.15) is 0 Å². The van der Waals surface area contributed by atoms with Crippen molar-refractivity contribution in [1.29, 1.82) is 0 Å². The second-order valence-electron chi connectivity index (χ2n) is 7.69. The monoisotopic (exact) mass is 362 g/mol. The highest BCUT2D eigenvalue weighted by Crippen LogP contribution is 2.48. The van der Waals surface area contributed by atoms with Crippen molar-refractivity contribution in [3.63, 3.8) is 0 Å². The van der Waals surface area contributed by atoms with E-state index in [1.807, 2.05) is 0 Å². The minimum absolute atomic E-state index is 0.0490. The molecule has 2 aliphatic rings. The van der Waals surface area contributed by atoms with E-state index in [1.165, 1.54) is 0 Å². The number of halogens is 1. The van der Waals surface area contributed by atoms with Crippen LogP contribution in [0, 0.1) is 0 Å². The van der Waals surface area contributed by atoms with Crippen LogP contribution in [0.25, 0.3) is 0 Å². The molecule has 3 atom stereocenters. The summed E-state index contributed by atoms with van der Waals surface area (Å²) >= 11 is 3.76. The van der Waals surface area contributed by atoms with E-state index >= 15 is 0 Å². The van der Waals surface area contributed by atoms with E-state index in [9.17, 15) is 4.79 Å². The van der Waals surface area contributed by atoms with Crippen LogP contribution in [0.15, 0.2) is 0 Å². The Labute approximate surface area is 132 Å². The Morgan fingerprint density at radius 3 is 2.50 bits per heavy atom. The summed E-state index contributed by atoms with van der Waals surface area (Å²) in [4.78, 5) is 11.9. The van der Waals surface area contributed by atoms with E-state index in [2.05, 4.69) is 49.8 Å². The zero-order valence-electron chi connectivity index (χ0n) is 13.3. The maximum Gasteiger partial charge on any atom is 0.306 e. The van der Waals surface area contributed by atoms with Gasteiger partial charge in [0.25, 0.3) is 0 Å². The third-order valence-corrected chi connectivity index (χ3v) is 11.0. The fourth-order valence-electron chi connectivity index (χ4n) is 2.92. The van der Waals surface area contributed by atoms with Crippen molar-refractivity contribution in [2.45, 2.75) is 87.5 Å². The van der Waals surface area contributed by atoms with Crippen molar-refractivity contribution in [3.05, 3.63) is 0 Å². The summed E-state index contributed by atoms with van der Waals surface area (Å²) in [5, 5.41) is 0.177. The number of alkyl halides is 1. The fraction of sp³-hybridized carbons (Fsp3) is 0.933. The van der Waals surface area contributed by atoms with Crippen molar-refractivity contribution in [3.8, 4) is 0 Å². The summed E-state index contributed by atoms with van der Waals surface area (Å²) < 4.78 is 12.4. The van der Waals surface area contributed by atoms with Crippen LogP contribution in [0.2, 0.25) is 18.1 Å². The number of esters is 1. The molecule has 116 valence electrons. The summed E-state index contributed by atoms with van der Waals surface area (Å²) in [5.74, 6) is -0.0693. The molecular weight excluding hydrogens is 336 g/mol. The largest absolute Gasteiger partial charge is 0.455 e. The van der Waals surface area contributed by atoms with E-state index < -0.39 is 13.9 Å². The normalized spacial score (nSPS) is 35.4. The predicted molar refractivity (Wildman–Crippen MR) is 86.7 cm³/mol. The van der Waals surface area contributed by atoms with Crippen LogP contribution in [-0.2, 0) is 14.0 Å². The fourth-order valence-corrected chi connectivity index (χ4v) is 5.25. The number of hydrogen-bond acceptors (Lipinski definition) is 3. The first-order valence-corrected chi connectivity index (χ1v) is 11.4. The molecule has 2 rings (SSSR count). The molecule has 5 heteroatoms. The van der Waals surface area contributed by atoms with E-state index in [4.69, 9.17) is 9.16 Å². The Balaban J connectivity index is 2.23. The first-order valence-electron chi connectivity index (χ1n) is 7.62. The predicted octanol–water partition coefficient (Wildman–Crippen LogP) is 4.40. The highest BCUT2D eigenvalue weighted by Gasteiger charge is 2.56. The molecule has 0 N–H and O–H groups in total. The highest BCUT2D eigenvalue weighted by molar-refractivity contribution is 9.09. The van der Waals surface area contributed by atoms with Crippen LogP contribution in [0.1, 0.15) is 52.9 Å². The second kappa shape index (κ2) is 5.40. The van der Waals surface area contributed by atoms with E-state index in [0.29, 0.717) is 6.42 Å². The summed E-state index contributed by atoms with van der Waals surface area (Å²) in [6.45, 7) is 11.3. The van der Waals surface area contributed by atoms with Crippen LogP contribution >= 0.6 is 15.9 Å². The van der Waals surface area contributed by atoms with Crippen molar-refractivity contribution < 1.29 is 14.0 Å². The Bertz CT molecular complexity index is 391. The highest BCUT2D eigenvalue weighted by atomic mass is 79.9. The lowest BCUT2D eigenvalue weighted by atomic mass is 9.80. The third kappa shape index (κ3) is 2.86. The Morgan fingerprint density at radius 1 is 1.35 bits per heavy atom. The van der Waals surface area contributed by atoms with Gasteiger partial charge in [0.2, 0.25) is 0 Å². The molecule has 20 heavy (non-hydrogen) atoms. The topological polar surface area (TPSA) is 35.5 Å². The lowest BCUT2D eigenvalue weighted by Gasteiger charge is -2.48. The van der Waals surface area contributed by atoms with Crippen molar-refractivity contribution in [2.24, 2.45) is 0 Å². The minimum Gasteiger partial charge on any atom is -0.455 e. The molecule has 1 aliphatic carbocycles. The zero-order valence-corrected chi connectivity index (χ0v) is 15.9. The van der Waals surface area contributed by atoms with Crippen LogP contribution < -0.4 is 0 Å². The lowest BCUT2D eigenvalue weighted by molar-refractivity contribution is -0.160. The van der Waals surface area contributed by atoms with Gasteiger partial charge >= 0.3 is 5.97 Å². The van der Waals surface area contributed by atoms with Gasteiger partial charge in [0.1, 0.15) is 5.60 Å². The number of carbonyl (C=O) groups is 1. The Kier molecular flexibility index (Phi) is 4.45. The molecule has 3 nitrogen and oxygen atoms in total. The molecule has 0 amide bonds. The van der Waals surface area contributed by atoms with Gasteiger partial charge in [0.05, 0.1) is 10.9 Å². The van der Waals surface area contributed by atoms with Crippen LogP contribution in [0.3, 0.4) is 0 Å². The molecule has 2 fully saturated rings. The minimum atomic E-state index is -1.85.